The van der Waals surface area contributed by atoms with Gasteiger partial charge in [0.15, 0.2) is 0 Å². The number of ether oxygens (including phenoxy) is 1. The predicted octanol–water partition coefficient (Wildman–Crippen LogP) is 3.61. The number of amides is 1. The third-order valence-corrected chi connectivity index (χ3v) is 3.65. The van der Waals surface area contributed by atoms with Crippen molar-refractivity contribution in [3.8, 4) is 0 Å². The van der Waals surface area contributed by atoms with Gasteiger partial charge in [0.2, 0.25) is 0 Å². The van der Waals surface area contributed by atoms with Crippen LogP contribution in [0.25, 0.3) is 0 Å². The normalized spacial score (nSPS) is 13.0. The predicted molar refractivity (Wildman–Crippen MR) is 87.6 cm³/mol. The molecular formula is C15H27N3O2S. The lowest BCUT2D eigenvalue weighted by atomic mass is 10.1. The van der Waals surface area contributed by atoms with Crippen LogP contribution in [0, 0.1) is 0 Å². The van der Waals surface area contributed by atoms with Gasteiger partial charge in [0.05, 0.1) is 24.3 Å². The lowest BCUT2D eigenvalue weighted by molar-refractivity contribution is 0.0500. The monoisotopic (exact) mass is 313 g/mol. The molecule has 5 nitrogen and oxygen atoms in total. The summed E-state index contributed by atoms with van der Waals surface area (Å²) in [5.74, 6) is 1.12. The maximum absolute atomic E-state index is 11.9. The van der Waals surface area contributed by atoms with E-state index in [2.05, 4.69) is 21.1 Å². The molecule has 1 aromatic rings. The molecule has 21 heavy (non-hydrogen) atoms. The van der Waals surface area contributed by atoms with E-state index in [0.29, 0.717) is 0 Å². The number of carbonyl (C=O) groups is 1. The zero-order valence-corrected chi connectivity index (χ0v) is 14.5. The van der Waals surface area contributed by atoms with Gasteiger partial charge in [0.1, 0.15) is 5.60 Å². The fourth-order valence-electron chi connectivity index (χ4n) is 2.02. The van der Waals surface area contributed by atoms with Crippen LogP contribution in [0.4, 0.5) is 4.79 Å². The van der Waals surface area contributed by atoms with Gasteiger partial charge in [-0.2, -0.15) is 11.8 Å². The fraction of sp³-hybridized carbons (Fsp3) is 0.733. The Balaban J connectivity index is 2.67. The number of nitrogens with zero attached hydrogens (tertiary/aromatic N) is 2. The molecule has 0 bridgehead atoms. The van der Waals surface area contributed by atoms with E-state index in [9.17, 15) is 4.79 Å². The van der Waals surface area contributed by atoms with E-state index in [0.717, 1.165) is 30.8 Å². The molecule has 6 heteroatoms. The van der Waals surface area contributed by atoms with Crippen LogP contribution in [0.3, 0.4) is 0 Å². The third-order valence-electron chi connectivity index (χ3n) is 2.95. The summed E-state index contributed by atoms with van der Waals surface area (Å²) in [7, 11) is 0. The molecule has 1 rings (SSSR count). The van der Waals surface area contributed by atoms with Crippen LogP contribution in [0.2, 0.25) is 0 Å². The van der Waals surface area contributed by atoms with Gasteiger partial charge >= 0.3 is 6.09 Å². The number of alkyl carbamates (subject to hydrolysis) is 1. The molecule has 1 aromatic heterocycles. The van der Waals surface area contributed by atoms with Gasteiger partial charge in [-0.3, -0.25) is 0 Å². The minimum Gasteiger partial charge on any atom is -0.444 e. The Morgan fingerprint density at radius 3 is 2.81 bits per heavy atom. The second kappa shape index (κ2) is 8.32. The molecule has 0 aliphatic heterocycles. The van der Waals surface area contributed by atoms with Crippen LogP contribution in [0.5, 0.6) is 0 Å². The molecule has 0 saturated carbocycles. The van der Waals surface area contributed by atoms with Crippen molar-refractivity contribution in [2.45, 2.75) is 58.7 Å². The number of thioether (sulfide) groups is 1. The number of rotatable bonds is 7. The molecule has 0 aliphatic carbocycles. The molecular weight excluding hydrogens is 286 g/mol. The van der Waals surface area contributed by atoms with Gasteiger partial charge in [-0.1, -0.05) is 6.92 Å². The number of aromatic nitrogens is 2. The Morgan fingerprint density at radius 2 is 2.24 bits per heavy atom. The van der Waals surface area contributed by atoms with Crippen molar-refractivity contribution in [2.75, 3.05) is 12.0 Å². The Kier molecular flexibility index (Phi) is 7.08. The fourth-order valence-corrected chi connectivity index (χ4v) is 2.44. The Hall–Kier alpha value is -1.17. The molecule has 1 heterocycles. The largest absolute Gasteiger partial charge is 0.444 e. The Labute approximate surface area is 131 Å². The van der Waals surface area contributed by atoms with Crippen LogP contribution < -0.4 is 5.32 Å². The van der Waals surface area contributed by atoms with Gasteiger partial charge in [-0.15, -0.1) is 0 Å². The second-order valence-electron chi connectivity index (χ2n) is 5.97. The zero-order valence-electron chi connectivity index (χ0n) is 13.7. The summed E-state index contributed by atoms with van der Waals surface area (Å²) < 4.78 is 7.44. The number of hydrogen-bond acceptors (Lipinski definition) is 4. The lowest BCUT2D eigenvalue weighted by Gasteiger charge is -2.23. The lowest BCUT2D eigenvalue weighted by Crippen LogP contribution is -2.35. The van der Waals surface area contributed by atoms with Gasteiger partial charge in [0.25, 0.3) is 0 Å². The van der Waals surface area contributed by atoms with Crippen molar-refractivity contribution in [3.63, 3.8) is 0 Å². The average Bonchev–Trinajstić information content (AvgIpc) is 2.82. The number of hydrogen-bond donors (Lipinski definition) is 1. The standard InChI is InChI=1S/C15H27N3O2S/c1-6-12(17-14(19)20-15(2,3)4)13-10-16-11-18(13)8-7-9-21-5/h10-12H,6-9H2,1-5H3,(H,17,19)/t12-/m1/s1. The van der Waals surface area contributed by atoms with E-state index in [1.165, 1.54) is 0 Å². The van der Waals surface area contributed by atoms with Crippen molar-refractivity contribution in [2.24, 2.45) is 0 Å². The highest BCUT2D eigenvalue weighted by Gasteiger charge is 2.21. The van der Waals surface area contributed by atoms with E-state index < -0.39 is 5.60 Å². The number of aryl methyl sites for hydroxylation is 1. The topological polar surface area (TPSA) is 56.1 Å². The number of imidazole rings is 1. The molecule has 0 unspecified atom stereocenters. The summed E-state index contributed by atoms with van der Waals surface area (Å²) >= 11 is 1.84. The van der Waals surface area contributed by atoms with Crippen LogP contribution in [0.15, 0.2) is 12.5 Å². The molecule has 0 aromatic carbocycles. The second-order valence-corrected chi connectivity index (χ2v) is 6.95. The van der Waals surface area contributed by atoms with Crippen molar-refractivity contribution < 1.29 is 9.53 Å². The first-order chi connectivity index (χ1) is 9.87. The molecule has 0 aliphatic rings. The van der Waals surface area contributed by atoms with E-state index in [1.54, 1.807) is 0 Å². The highest BCUT2D eigenvalue weighted by Crippen LogP contribution is 2.18. The summed E-state index contributed by atoms with van der Waals surface area (Å²) in [6.45, 7) is 8.55. The summed E-state index contributed by atoms with van der Waals surface area (Å²) in [6.07, 6.45) is 7.26. The van der Waals surface area contributed by atoms with Gasteiger partial charge in [0, 0.05) is 6.54 Å². The van der Waals surface area contributed by atoms with Gasteiger partial charge < -0.3 is 14.6 Å². The minimum atomic E-state index is -0.485. The van der Waals surface area contributed by atoms with E-state index in [4.69, 9.17) is 4.74 Å². The van der Waals surface area contributed by atoms with Gasteiger partial charge in [-0.25, -0.2) is 9.78 Å². The number of nitrogens with one attached hydrogen (secondary N) is 1. The smallest absolute Gasteiger partial charge is 0.408 e. The van der Waals surface area contributed by atoms with Crippen molar-refractivity contribution >= 4 is 17.9 Å². The first-order valence-electron chi connectivity index (χ1n) is 7.36. The average molecular weight is 313 g/mol. The van der Waals surface area contributed by atoms with Crippen LogP contribution in [0.1, 0.15) is 52.3 Å². The van der Waals surface area contributed by atoms with Crippen molar-refractivity contribution in [3.05, 3.63) is 18.2 Å². The highest BCUT2D eigenvalue weighted by atomic mass is 32.2. The summed E-state index contributed by atoms with van der Waals surface area (Å²) in [5, 5.41) is 2.93. The quantitative estimate of drug-likeness (QED) is 0.781. The zero-order chi connectivity index (χ0) is 15.9. The summed E-state index contributed by atoms with van der Waals surface area (Å²) in [4.78, 5) is 16.1. The van der Waals surface area contributed by atoms with E-state index in [1.807, 2.05) is 52.0 Å². The van der Waals surface area contributed by atoms with E-state index in [-0.39, 0.29) is 12.1 Å². The minimum absolute atomic E-state index is 0.0726. The van der Waals surface area contributed by atoms with Crippen molar-refractivity contribution in [1.29, 1.82) is 0 Å². The van der Waals surface area contributed by atoms with Gasteiger partial charge in [-0.05, 0) is 45.6 Å². The summed E-state index contributed by atoms with van der Waals surface area (Å²) in [5.41, 5.74) is 0.547. The van der Waals surface area contributed by atoms with Crippen LogP contribution >= 0.6 is 11.8 Å². The Bertz CT molecular complexity index is 440. The Morgan fingerprint density at radius 1 is 1.52 bits per heavy atom. The van der Waals surface area contributed by atoms with Crippen LogP contribution in [-0.2, 0) is 11.3 Å². The highest BCUT2D eigenvalue weighted by molar-refractivity contribution is 7.98. The maximum atomic E-state index is 11.9. The van der Waals surface area contributed by atoms with Crippen LogP contribution in [-0.4, -0.2) is 33.3 Å². The SMILES string of the molecule is CC[C@@H](NC(=O)OC(C)(C)C)c1cncn1CCCSC. The molecule has 1 atom stereocenters. The molecule has 0 spiro atoms. The third kappa shape index (κ3) is 6.42. The van der Waals surface area contributed by atoms with E-state index >= 15 is 0 Å². The molecule has 0 saturated heterocycles. The maximum Gasteiger partial charge on any atom is 0.408 e. The summed E-state index contributed by atoms with van der Waals surface area (Å²) in [6, 6.07) is -0.0726. The molecule has 1 amide bonds. The number of carbonyl (C=O) groups excluding carboxylic acids is 1. The first kappa shape index (κ1) is 17.9. The molecule has 120 valence electrons. The molecule has 0 radical (unpaired) electrons. The molecule has 0 fully saturated rings. The molecule has 1 N–H and O–H groups in total. The van der Waals surface area contributed by atoms with Crippen molar-refractivity contribution in [1.82, 2.24) is 14.9 Å². The first-order valence-corrected chi connectivity index (χ1v) is 8.75.